The van der Waals surface area contributed by atoms with Gasteiger partial charge in [-0.1, -0.05) is 6.92 Å². The van der Waals surface area contributed by atoms with Gasteiger partial charge in [0, 0.05) is 24.8 Å². The minimum atomic E-state index is 0.0437. The summed E-state index contributed by atoms with van der Waals surface area (Å²) in [6.07, 6.45) is 4.26. The van der Waals surface area contributed by atoms with Crippen LogP contribution < -0.4 is 4.90 Å². The Morgan fingerprint density at radius 3 is 2.78 bits per heavy atom. The molecule has 0 aliphatic rings. The Morgan fingerprint density at radius 1 is 1.33 bits per heavy atom. The van der Waals surface area contributed by atoms with Crippen molar-refractivity contribution in [2.24, 2.45) is 0 Å². The summed E-state index contributed by atoms with van der Waals surface area (Å²) in [6.45, 7) is 2.84. The van der Waals surface area contributed by atoms with E-state index in [1.54, 1.807) is 12.5 Å². The smallest absolute Gasteiger partial charge is 0.129 e. The van der Waals surface area contributed by atoms with Gasteiger partial charge in [-0.25, -0.2) is 4.98 Å². The summed E-state index contributed by atoms with van der Waals surface area (Å²) < 4.78 is 5.05. The van der Waals surface area contributed by atoms with Gasteiger partial charge in [-0.05, 0) is 30.2 Å². The summed E-state index contributed by atoms with van der Waals surface area (Å²) in [5, 5.41) is 9.26. The van der Waals surface area contributed by atoms with E-state index in [0.29, 0.717) is 0 Å². The van der Waals surface area contributed by atoms with E-state index in [0.717, 1.165) is 35.6 Å². The quantitative estimate of drug-likeness (QED) is 0.880. The van der Waals surface area contributed by atoms with Crippen LogP contribution >= 0.6 is 0 Å². The summed E-state index contributed by atoms with van der Waals surface area (Å²) >= 11 is 0. The molecule has 96 valence electrons. The first-order valence-electron chi connectivity index (χ1n) is 6.06. The van der Waals surface area contributed by atoms with Gasteiger partial charge >= 0.3 is 0 Å². The summed E-state index contributed by atoms with van der Waals surface area (Å²) in [6, 6.07) is 5.79. The normalized spacial score (nSPS) is 10.6. The molecule has 0 atom stereocenters. The number of aromatic nitrogens is 1. The Balaban J connectivity index is 2.20. The van der Waals surface area contributed by atoms with Crippen molar-refractivity contribution in [1.29, 1.82) is 0 Å². The van der Waals surface area contributed by atoms with Crippen LogP contribution in [0.3, 0.4) is 0 Å². The molecule has 4 heteroatoms. The van der Waals surface area contributed by atoms with Crippen LogP contribution in [0.15, 0.2) is 35.1 Å². The lowest BCUT2D eigenvalue weighted by atomic mass is 10.2. The minimum Gasteiger partial charge on any atom is -0.472 e. The molecule has 2 rings (SSSR count). The van der Waals surface area contributed by atoms with Gasteiger partial charge < -0.3 is 14.4 Å². The van der Waals surface area contributed by atoms with Crippen LogP contribution in [0.1, 0.15) is 23.7 Å². The number of aliphatic hydroxyl groups excluding tert-OH is 1. The minimum absolute atomic E-state index is 0.0437. The fourth-order valence-electron chi connectivity index (χ4n) is 1.84. The molecule has 0 aromatic carbocycles. The molecular weight excluding hydrogens is 228 g/mol. The van der Waals surface area contributed by atoms with Crippen LogP contribution in [0.4, 0.5) is 5.82 Å². The first-order chi connectivity index (χ1) is 8.72. The van der Waals surface area contributed by atoms with E-state index in [-0.39, 0.29) is 6.61 Å². The van der Waals surface area contributed by atoms with E-state index in [2.05, 4.69) is 11.9 Å². The van der Waals surface area contributed by atoms with Crippen LogP contribution in [0.2, 0.25) is 0 Å². The molecule has 1 N–H and O–H groups in total. The Kier molecular flexibility index (Phi) is 3.99. The summed E-state index contributed by atoms with van der Waals surface area (Å²) in [5.41, 5.74) is 3.00. The van der Waals surface area contributed by atoms with E-state index in [4.69, 9.17) is 4.42 Å². The second-order valence-electron chi connectivity index (χ2n) is 4.32. The molecule has 0 saturated heterocycles. The average Bonchev–Trinajstić information content (AvgIpc) is 2.90. The Morgan fingerprint density at radius 2 is 2.17 bits per heavy atom. The van der Waals surface area contributed by atoms with Gasteiger partial charge in [-0.15, -0.1) is 0 Å². The zero-order chi connectivity index (χ0) is 13.0. The zero-order valence-electron chi connectivity index (χ0n) is 10.8. The first kappa shape index (κ1) is 12.6. The molecule has 0 aliphatic heterocycles. The molecule has 2 heterocycles. The Bertz CT molecular complexity index is 472. The van der Waals surface area contributed by atoms with Crippen LogP contribution in [0, 0.1) is 0 Å². The second kappa shape index (κ2) is 5.69. The third-order valence-electron chi connectivity index (χ3n) is 2.86. The zero-order valence-corrected chi connectivity index (χ0v) is 10.8. The number of hydrogen-bond acceptors (Lipinski definition) is 4. The number of hydrogen-bond donors (Lipinski definition) is 1. The van der Waals surface area contributed by atoms with E-state index >= 15 is 0 Å². The SMILES string of the molecule is CCc1cc(CO)cc(N(C)Cc2ccoc2)n1. The van der Waals surface area contributed by atoms with Gasteiger partial charge in [0.05, 0.1) is 19.1 Å². The second-order valence-corrected chi connectivity index (χ2v) is 4.32. The Hall–Kier alpha value is -1.81. The van der Waals surface area contributed by atoms with Gasteiger partial charge in [-0.3, -0.25) is 0 Å². The maximum atomic E-state index is 9.26. The van der Waals surface area contributed by atoms with E-state index < -0.39 is 0 Å². The lowest BCUT2D eigenvalue weighted by Gasteiger charge is -2.18. The molecule has 0 saturated carbocycles. The number of pyridine rings is 1. The molecule has 0 amide bonds. The lowest BCUT2D eigenvalue weighted by Crippen LogP contribution is -2.18. The van der Waals surface area contributed by atoms with Gasteiger partial charge in [0.25, 0.3) is 0 Å². The third-order valence-corrected chi connectivity index (χ3v) is 2.86. The first-order valence-corrected chi connectivity index (χ1v) is 6.06. The molecule has 2 aromatic heterocycles. The highest BCUT2D eigenvalue weighted by Crippen LogP contribution is 2.17. The number of aryl methyl sites for hydroxylation is 1. The number of anilines is 1. The van der Waals surface area contributed by atoms with Crippen LogP contribution in [0.5, 0.6) is 0 Å². The fraction of sp³-hybridized carbons (Fsp3) is 0.357. The monoisotopic (exact) mass is 246 g/mol. The predicted molar refractivity (Wildman–Crippen MR) is 70.4 cm³/mol. The van der Waals surface area contributed by atoms with E-state index in [1.807, 2.05) is 30.1 Å². The highest BCUT2D eigenvalue weighted by Gasteiger charge is 2.07. The van der Waals surface area contributed by atoms with E-state index in [9.17, 15) is 5.11 Å². The van der Waals surface area contributed by atoms with Crippen LogP contribution in [-0.2, 0) is 19.6 Å². The molecular formula is C14H18N2O2. The molecule has 0 radical (unpaired) electrons. The molecule has 18 heavy (non-hydrogen) atoms. The van der Waals surface area contributed by atoms with Crippen molar-refractivity contribution in [1.82, 2.24) is 4.98 Å². The summed E-state index contributed by atoms with van der Waals surface area (Å²) in [5.74, 6) is 0.875. The summed E-state index contributed by atoms with van der Waals surface area (Å²) in [4.78, 5) is 6.61. The number of rotatable bonds is 5. The van der Waals surface area contributed by atoms with Crippen molar-refractivity contribution in [3.05, 3.63) is 47.5 Å². The van der Waals surface area contributed by atoms with Crippen molar-refractivity contribution in [2.75, 3.05) is 11.9 Å². The van der Waals surface area contributed by atoms with Crippen molar-refractivity contribution >= 4 is 5.82 Å². The highest BCUT2D eigenvalue weighted by molar-refractivity contribution is 5.42. The standard InChI is InChI=1S/C14H18N2O2/c1-3-13-6-12(9-17)7-14(15-13)16(2)8-11-4-5-18-10-11/h4-7,10,17H,3,8-9H2,1-2H3. The van der Waals surface area contributed by atoms with Crippen molar-refractivity contribution < 1.29 is 9.52 Å². The molecule has 4 nitrogen and oxygen atoms in total. The molecule has 0 fully saturated rings. The summed E-state index contributed by atoms with van der Waals surface area (Å²) in [7, 11) is 1.98. The van der Waals surface area contributed by atoms with Gasteiger partial charge in [0.2, 0.25) is 0 Å². The van der Waals surface area contributed by atoms with Gasteiger partial charge in [0.15, 0.2) is 0 Å². The molecule has 0 unspecified atom stereocenters. The molecule has 0 spiro atoms. The van der Waals surface area contributed by atoms with Crippen molar-refractivity contribution in [3.8, 4) is 0 Å². The van der Waals surface area contributed by atoms with Crippen LogP contribution in [0.25, 0.3) is 0 Å². The largest absolute Gasteiger partial charge is 0.472 e. The van der Waals surface area contributed by atoms with Crippen LogP contribution in [-0.4, -0.2) is 17.1 Å². The average molecular weight is 246 g/mol. The van der Waals surface area contributed by atoms with Gasteiger partial charge in [-0.2, -0.15) is 0 Å². The predicted octanol–water partition coefficient (Wildman–Crippen LogP) is 2.37. The highest BCUT2D eigenvalue weighted by atomic mass is 16.3. The molecule has 0 bridgehead atoms. The van der Waals surface area contributed by atoms with Crippen molar-refractivity contribution in [2.45, 2.75) is 26.5 Å². The number of furan rings is 1. The Labute approximate surface area is 107 Å². The van der Waals surface area contributed by atoms with Crippen molar-refractivity contribution in [3.63, 3.8) is 0 Å². The molecule has 0 aliphatic carbocycles. The lowest BCUT2D eigenvalue weighted by molar-refractivity contribution is 0.281. The molecule has 2 aromatic rings. The van der Waals surface area contributed by atoms with Gasteiger partial charge in [0.1, 0.15) is 5.82 Å². The van der Waals surface area contributed by atoms with E-state index in [1.165, 1.54) is 0 Å². The third kappa shape index (κ3) is 2.90. The topological polar surface area (TPSA) is 49.5 Å². The maximum Gasteiger partial charge on any atom is 0.129 e. The number of nitrogens with zero attached hydrogens (tertiary/aromatic N) is 2. The fourth-order valence-corrected chi connectivity index (χ4v) is 1.84. The maximum absolute atomic E-state index is 9.26. The number of aliphatic hydroxyl groups is 1.